The van der Waals surface area contributed by atoms with Gasteiger partial charge in [-0.3, -0.25) is 9.59 Å². The van der Waals surface area contributed by atoms with Gasteiger partial charge in [0.2, 0.25) is 0 Å². The van der Waals surface area contributed by atoms with E-state index in [1.54, 1.807) is 11.3 Å². The zero-order valence-electron chi connectivity index (χ0n) is 12.9. The van der Waals surface area contributed by atoms with Gasteiger partial charge < -0.3 is 10.4 Å². The van der Waals surface area contributed by atoms with Crippen LogP contribution in [-0.4, -0.2) is 23.5 Å². The van der Waals surface area contributed by atoms with E-state index in [0.29, 0.717) is 13.0 Å². The van der Waals surface area contributed by atoms with Gasteiger partial charge in [-0.1, -0.05) is 26.7 Å². The van der Waals surface area contributed by atoms with Crippen molar-refractivity contribution in [3.8, 4) is 0 Å². The zero-order chi connectivity index (χ0) is 15.7. The Morgan fingerprint density at radius 3 is 2.62 bits per heavy atom. The number of carboxylic acids is 1. The lowest BCUT2D eigenvalue weighted by molar-refractivity contribution is -0.137. The van der Waals surface area contributed by atoms with Crippen molar-refractivity contribution >= 4 is 23.2 Å². The van der Waals surface area contributed by atoms with Gasteiger partial charge in [0.1, 0.15) is 0 Å². The molecule has 1 amide bonds. The minimum absolute atomic E-state index is 0.00436. The van der Waals surface area contributed by atoms with Crippen LogP contribution in [0.1, 0.15) is 66.1 Å². The minimum atomic E-state index is -0.756. The fraction of sp³-hybridized carbons (Fsp3) is 0.625. The van der Waals surface area contributed by atoms with Crippen molar-refractivity contribution in [2.75, 3.05) is 6.54 Å². The number of carboxylic acid groups (broad SMARTS) is 1. The lowest BCUT2D eigenvalue weighted by atomic mass is 10.1. The van der Waals surface area contributed by atoms with Crippen LogP contribution < -0.4 is 5.32 Å². The van der Waals surface area contributed by atoms with E-state index in [-0.39, 0.29) is 12.3 Å². The molecule has 1 aromatic heterocycles. The molecule has 0 aliphatic rings. The molecule has 0 aromatic carbocycles. The SMILES string of the molecule is CCCc1sc(C(=O)NCCCCCC(=O)O)cc1CC. The number of aliphatic carboxylic acids is 1. The third-order valence-corrected chi connectivity index (χ3v) is 4.57. The summed E-state index contributed by atoms with van der Waals surface area (Å²) < 4.78 is 0. The predicted molar refractivity (Wildman–Crippen MR) is 86.1 cm³/mol. The van der Waals surface area contributed by atoms with Gasteiger partial charge in [-0.25, -0.2) is 0 Å². The Morgan fingerprint density at radius 1 is 1.24 bits per heavy atom. The van der Waals surface area contributed by atoms with Gasteiger partial charge in [-0.05, 0) is 37.3 Å². The molecule has 4 nitrogen and oxygen atoms in total. The van der Waals surface area contributed by atoms with E-state index < -0.39 is 5.97 Å². The number of hydrogen-bond acceptors (Lipinski definition) is 3. The summed E-state index contributed by atoms with van der Waals surface area (Å²) >= 11 is 1.60. The molecule has 0 saturated heterocycles. The van der Waals surface area contributed by atoms with Crippen molar-refractivity contribution in [3.63, 3.8) is 0 Å². The number of unbranched alkanes of at least 4 members (excludes halogenated alkanes) is 2. The van der Waals surface area contributed by atoms with Gasteiger partial charge in [-0.15, -0.1) is 11.3 Å². The molecule has 21 heavy (non-hydrogen) atoms. The third-order valence-electron chi connectivity index (χ3n) is 3.33. The fourth-order valence-electron chi connectivity index (χ4n) is 2.18. The molecule has 118 valence electrons. The molecule has 0 aliphatic carbocycles. The molecular weight excluding hydrogens is 286 g/mol. The fourth-order valence-corrected chi connectivity index (χ4v) is 3.46. The highest BCUT2D eigenvalue weighted by Crippen LogP contribution is 2.24. The summed E-state index contributed by atoms with van der Waals surface area (Å²) in [6.45, 7) is 4.88. The molecule has 1 heterocycles. The molecule has 0 fully saturated rings. The number of nitrogens with one attached hydrogen (secondary N) is 1. The van der Waals surface area contributed by atoms with Crippen LogP contribution in [0.5, 0.6) is 0 Å². The van der Waals surface area contributed by atoms with Gasteiger partial charge in [0.05, 0.1) is 4.88 Å². The van der Waals surface area contributed by atoms with Crippen LogP contribution in [0.2, 0.25) is 0 Å². The molecular formula is C16H25NO3S. The highest BCUT2D eigenvalue weighted by molar-refractivity contribution is 7.14. The smallest absolute Gasteiger partial charge is 0.303 e. The second kappa shape index (κ2) is 9.55. The van der Waals surface area contributed by atoms with Crippen LogP contribution in [0, 0.1) is 0 Å². The van der Waals surface area contributed by atoms with Crippen molar-refractivity contribution in [2.24, 2.45) is 0 Å². The zero-order valence-corrected chi connectivity index (χ0v) is 13.7. The van der Waals surface area contributed by atoms with Crippen molar-refractivity contribution in [1.29, 1.82) is 0 Å². The first kappa shape index (κ1) is 17.7. The van der Waals surface area contributed by atoms with Crippen LogP contribution in [0.3, 0.4) is 0 Å². The normalized spacial score (nSPS) is 10.6. The molecule has 0 saturated carbocycles. The third kappa shape index (κ3) is 6.29. The van der Waals surface area contributed by atoms with E-state index in [0.717, 1.165) is 37.0 Å². The molecule has 2 N–H and O–H groups in total. The lowest BCUT2D eigenvalue weighted by Crippen LogP contribution is -2.23. The van der Waals surface area contributed by atoms with E-state index in [1.165, 1.54) is 10.4 Å². The molecule has 1 aromatic rings. The second-order valence-electron chi connectivity index (χ2n) is 5.12. The molecule has 0 spiro atoms. The molecule has 5 heteroatoms. The molecule has 0 radical (unpaired) electrons. The number of carbonyl (C=O) groups excluding carboxylic acids is 1. The van der Waals surface area contributed by atoms with Crippen LogP contribution in [-0.2, 0) is 17.6 Å². The number of amides is 1. The first-order valence-corrected chi connectivity index (χ1v) is 8.51. The Hall–Kier alpha value is -1.36. The van der Waals surface area contributed by atoms with Crippen LogP contribution in [0.25, 0.3) is 0 Å². The lowest BCUT2D eigenvalue weighted by Gasteiger charge is -2.02. The first-order chi connectivity index (χ1) is 10.1. The van der Waals surface area contributed by atoms with Gasteiger partial charge in [0.25, 0.3) is 5.91 Å². The summed E-state index contributed by atoms with van der Waals surface area (Å²) in [5.74, 6) is -0.761. The Labute approximate surface area is 130 Å². The van der Waals surface area contributed by atoms with Crippen molar-refractivity contribution in [2.45, 2.75) is 58.8 Å². The average molecular weight is 311 g/mol. The van der Waals surface area contributed by atoms with Crippen LogP contribution in [0.4, 0.5) is 0 Å². The molecule has 0 unspecified atom stereocenters. The van der Waals surface area contributed by atoms with Gasteiger partial charge in [0, 0.05) is 17.8 Å². The van der Waals surface area contributed by atoms with Crippen LogP contribution >= 0.6 is 11.3 Å². The topological polar surface area (TPSA) is 66.4 Å². The molecule has 0 atom stereocenters. The molecule has 1 rings (SSSR count). The van der Waals surface area contributed by atoms with E-state index in [2.05, 4.69) is 19.2 Å². The Balaban J connectivity index is 2.36. The summed E-state index contributed by atoms with van der Waals surface area (Å²) in [5.41, 5.74) is 1.29. The maximum Gasteiger partial charge on any atom is 0.303 e. The maximum absolute atomic E-state index is 12.1. The van der Waals surface area contributed by atoms with Crippen molar-refractivity contribution < 1.29 is 14.7 Å². The van der Waals surface area contributed by atoms with Crippen molar-refractivity contribution in [1.82, 2.24) is 5.32 Å². The van der Waals surface area contributed by atoms with Gasteiger partial charge in [0.15, 0.2) is 0 Å². The van der Waals surface area contributed by atoms with Crippen LogP contribution in [0.15, 0.2) is 6.07 Å². The van der Waals surface area contributed by atoms with Gasteiger partial charge in [-0.2, -0.15) is 0 Å². The quantitative estimate of drug-likeness (QED) is 0.648. The Kier molecular flexibility index (Phi) is 8.05. The second-order valence-corrected chi connectivity index (χ2v) is 6.26. The maximum atomic E-state index is 12.1. The largest absolute Gasteiger partial charge is 0.481 e. The Morgan fingerprint density at radius 2 is 2.00 bits per heavy atom. The summed E-state index contributed by atoms with van der Waals surface area (Å²) in [7, 11) is 0. The predicted octanol–water partition coefficient (Wildman–Crippen LogP) is 3.64. The standard InChI is InChI=1S/C16H25NO3S/c1-3-8-13-12(4-2)11-14(21-13)16(20)17-10-7-5-6-9-15(18)19/h11H,3-10H2,1-2H3,(H,17,20)(H,18,19). The molecule has 0 aliphatic heterocycles. The van der Waals surface area contributed by atoms with E-state index in [1.807, 2.05) is 6.07 Å². The van der Waals surface area contributed by atoms with E-state index in [4.69, 9.17) is 5.11 Å². The number of carbonyl (C=O) groups is 2. The monoisotopic (exact) mass is 311 g/mol. The summed E-state index contributed by atoms with van der Waals surface area (Å²) in [5, 5.41) is 11.5. The number of aryl methyl sites for hydroxylation is 2. The van der Waals surface area contributed by atoms with Gasteiger partial charge >= 0.3 is 5.97 Å². The minimum Gasteiger partial charge on any atom is -0.481 e. The number of thiophene rings is 1. The van der Waals surface area contributed by atoms with E-state index in [9.17, 15) is 9.59 Å². The summed E-state index contributed by atoms with van der Waals surface area (Å²) in [4.78, 5) is 24.6. The highest BCUT2D eigenvalue weighted by Gasteiger charge is 2.12. The van der Waals surface area contributed by atoms with Crippen molar-refractivity contribution in [3.05, 3.63) is 21.4 Å². The Bertz CT molecular complexity index is 468. The number of hydrogen-bond donors (Lipinski definition) is 2. The number of rotatable bonds is 10. The summed E-state index contributed by atoms with van der Waals surface area (Å²) in [6.07, 6.45) is 5.64. The summed E-state index contributed by atoms with van der Waals surface area (Å²) in [6, 6.07) is 2.01. The first-order valence-electron chi connectivity index (χ1n) is 7.70. The van der Waals surface area contributed by atoms with E-state index >= 15 is 0 Å². The molecule has 0 bridgehead atoms. The average Bonchev–Trinajstić information content (AvgIpc) is 2.85. The highest BCUT2D eigenvalue weighted by atomic mass is 32.1.